The van der Waals surface area contributed by atoms with Crippen molar-refractivity contribution < 1.29 is 9.53 Å². The number of hydrogen-bond donors (Lipinski definition) is 2. The zero-order chi connectivity index (χ0) is 21.5. The van der Waals surface area contributed by atoms with E-state index in [1.165, 1.54) is 0 Å². The van der Waals surface area contributed by atoms with Gasteiger partial charge in [0.1, 0.15) is 5.82 Å². The summed E-state index contributed by atoms with van der Waals surface area (Å²) in [7, 11) is 0. The van der Waals surface area contributed by atoms with Crippen molar-refractivity contribution in [1.29, 1.82) is 0 Å². The van der Waals surface area contributed by atoms with E-state index in [1.54, 1.807) is 28.8 Å². The van der Waals surface area contributed by atoms with Crippen molar-refractivity contribution in [1.82, 2.24) is 30.0 Å². The van der Waals surface area contributed by atoms with Crippen molar-refractivity contribution in [2.24, 2.45) is 0 Å². The molecule has 1 fully saturated rings. The third-order valence-electron chi connectivity index (χ3n) is 5.11. The van der Waals surface area contributed by atoms with Crippen LogP contribution in [-0.4, -0.2) is 76.6 Å². The Hall–Kier alpha value is -2.75. The lowest BCUT2D eigenvalue weighted by Gasteiger charge is -2.26. The summed E-state index contributed by atoms with van der Waals surface area (Å²) in [5, 5.41) is 19.8. The highest BCUT2D eigenvalue weighted by Crippen LogP contribution is 2.11. The highest BCUT2D eigenvalue weighted by atomic mass is 35.5. The average molecular weight is 444 g/mol. The number of rotatable bonds is 9. The Morgan fingerprint density at radius 2 is 2.00 bits per heavy atom. The van der Waals surface area contributed by atoms with Crippen LogP contribution in [0.2, 0.25) is 5.02 Å². The molecule has 0 unspecified atom stereocenters. The van der Waals surface area contributed by atoms with Crippen LogP contribution in [0.1, 0.15) is 22.6 Å². The molecule has 1 amide bonds. The zero-order valence-electron chi connectivity index (χ0n) is 17.3. The number of morpholine rings is 1. The van der Waals surface area contributed by atoms with Crippen LogP contribution < -0.4 is 10.6 Å². The number of amides is 1. The molecule has 0 aliphatic carbocycles. The van der Waals surface area contributed by atoms with Gasteiger partial charge in [-0.1, -0.05) is 17.7 Å². The fourth-order valence-corrected chi connectivity index (χ4v) is 3.64. The maximum Gasteiger partial charge on any atom is 0.251 e. The molecule has 0 spiro atoms. The Balaban J connectivity index is 1.28. The summed E-state index contributed by atoms with van der Waals surface area (Å²) in [6, 6.07) is 10.7. The Bertz CT molecular complexity index is 1020. The third kappa shape index (κ3) is 5.90. The van der Waals surface area contributed by atoms with E-state index in [2.05, 4.69) is 30.8 Å². The number of fused-ring (bicyclic) bond motifs is 1. The molecule has 1 aromatic carbocycles. The van der Waals surface area contributed by atoms with Gasteiger partial charge in [0.25, 0.3) is 5.91 Å². The van der Waals surface area contributed by atoms with Crippen molar-refractivity contribution in [3.05, 3.63) is 52.8 Å². The maximum atomic E-state index is 12.3. The van der Waals surface area contributed by atoms with Crippen LogP contribution in [-0.2, 0) is 11.2 Å². The van der Waals surface area contributed by atoms with E-state index >= 15 is 0 Å². The second kappa shape index (κ2) is 10.5. The topological polar surface area (TPSA) is 96.7 Å². The zero-order valence-corrected chi connectivity index (χ0v) is 18.0. The number of aromatic nitrogens is 4. The van der Waals surface area contributed by atoms with Crippen LogP contribution in [0.5, 0.6) is 0 Å². The number of carbonyl (C=O) groups is 1. The fourth-order valence-electron chi connectivity index (χ4n) is 3.45. The number of nitrogens with one attached hydrogen (secondary N) is 2. The molecule has 4 rings (SSSR count). The predicted molar refractivity (Wildman–Crippen MR) is 119 cm³/mol. The largest absolute Gasteiger partial charge is 0.379 e. The van der Waals surface area contributed by atoms with E-state index in [0.29, 0.717) is 35.0 Å². The Kier molecular flexibility index (Phi) is 7.29. The molecule has 3 heterocycles. The summed E-state index contributed by atoms with van der Waals surface area (Å²) in [6.07, 6.45) is 1.55. The first kappa shape index (κ1) is 21.5. The van der Waals surface area contributed by atoms with E-state index in [1.807, 2.05) is 12.1 Å². The summed E-state index contributed by atoms with van der Waals surface area (Å²) in [4.78, 5) is 14.7. The van der Waals surface area contributed by atoms with E-state index < -0.39 is 0 Å². The van der Waals surface area contributed by atoms with Crippen LogP contribution in [0.4, 0.5) is 5.82 Å². The molecule has 1 aliphatic rings. The summed E-state index contributed by atoms with van der Waals surface area (Å²) >= 11 is 5.95. The van der Waals surface area contributed by atoms with Crippen molar-refractivity contribution in [2.45, 2.75) is 12.8 Å². The molecule has 0 bridgehead atoms. The van der Waals surface area contributed by atoms with Gasteiger partial charge in [-0.3, -0.25) is 9.69 Å². The smallest absolute Gasteiger partial charge is 0.251 e. The lowest BCUT2D eigenvalue weighted by Crippen LogP contribution is -2.37. The highest BCUT2D eigenvalue weighted by Gasteiger charge is 2.11. The molecule has 0 atom stereocenters. The van der Waals surface area contributed by atoms with Gasteiger partial charge in [-0.25, -0.2) is 0 Å². The van der Waals surface area contributed by atoms with Crippen molar-refractivity contribution in [2.75, 3.05) is 51.3 Å². The molecule has 1 aliphatic heterocycles. The van der Waals surface area contributed by atoms with Gasteiger partial charge >= 0.3 is 0 Å². The van der Waals surface area contributed by atoms with E-state index in [-0.39, 0.29) is 5.91 Å². The SMILES string of the molecule is O=C(NCCc1nnc2ccc(NCCCN3CCOCC3)nn12)c1cccc(Cl)c1. The normalized spacial score (nSPS) is 14.6. The molecule has 0 radical (unpaired) electrons. The maximum absolute atomic E-state index is 12.3. The van der Waals surface area contributed by atoms with Gasteiger partial charge in [0.15, 0.2) is 11.5 Å². The number of benzene rings is 1. The molecular formula is C21H26ClN7O2. The Morgan fingerprint density at radius 1 is 1.13 bits per heavy atom. The lowest BCUT2D eigenvalue weighted by atomic mass is 10.2. The number of ether oxygens (including phenoxy) is 1. The molecule has 164 valence electrons. The van der Waals surface area contributed by atoms with E-state index in [4.69, 9.17) is 16.3 Å². The molecule has 1 saturated heterocycles. The lowest BCUT2D eigenvalue weighted by molar-refractivity contribution is 0.0378. The molecule has 2 aromatic heterocycles. The monoisotopic (exact) mass is 443 g/mol. The van der Waals surface area contributed by atoms with Gasteiger partial charge in [0, 0.05) is 43.2 Å². The number of halogens is 1. The van der Waals surface area contributed by atoms with Crippen LogP contribution in [0.3, 0.4) is 0 Å². The molecular weight excluding hydrogens is 418 g/mol. The van der Waals surface area contributed by atoms with Gasteiger partial charge in [0.2, 0.25) is 0 Å². The van der Waals surface area contributed by atoms with Crippen LogP contribution >= 0.6 is 11.6 Å². The van der Waals surface area contributed by atoms with Crippen molar-refractivity contribution >= 4 is 29.0 Å². The minimum atomic E-state index is -0.174. The second-order valence-corrected chi connectivity index (χ2v) is 7.79. The number of hydrogen-bond acceptors (Lipinski definition) is 7. The number of anilines is 1. The van der Waals surface area contributed by atoms with Gasteiger partial charge < -0.3 is 15.4 Å². The highest BCUT2D eigenvalue weighted by molar-refractivity contribution is 6.30. The minimum absolute atomic E-state index is 0.174. The van der Waals surface area contributed by atoms with E-state index in [0.717, 1.165) is 51.6 Å². The minimum Gasteiger partial charge on any atom is -0.379 e. The van der Waals surface area contributed by atoms with Crippen molar-refractivity contribution in [3.8, 4) is 0 Å². The van der Waals surface area contributed by atoms with Crippen LogP contribution in [0, 0.1) is 0 Å². The average Bonchev–Trinajstić information content (AvgIpc) is 3.19. The summed E-state index contributed by atoms with van der Waals surface area (Å²) in [6.45, 7) is 5.95. The van der Waals surface area contributed by atoms with Crippen LogP contribution in [0.15, 0.2) is 36.4 Å². The summed E-state index contributed by atoms with van der Waals surface area (Å²) in [5.41, 5.74) is 1.20. The fraction of sp³-hybridized carbons (Fsp3) is 0.429. The molecule has 10 heteroatoms. The predicted octanol–water partition coefficient (Wildman–Crippen LogP) is 1.88. The quantitative estimate of drug-likeness (QED) is 0.487. The van der Waals surface area contributed by atoms with E-state index in [9.17, 15) is 4.79 Å². The van der Waals surface area contributed by atoms with Crippen LogP contribution in [0.25, 0.3) is 5.65 Å². The molecule has 2 N–H and O–H groups in total. The first-order valence-corrected chi connectivity index (χ1v) is 10.9. The van der Waals surface area contributed by atoms with Gasteiger partial charge in [-0.15, -0.1) is 15.3 Å². The standard InChI is InChI=1S/C21H26ClN7O2/c22-17-4-1-3-16(15-17)21(30)24-9-7-20-26-25-19-6-5-18(27-29(19)20)23-8-2-10-28-11-13-31-14-12-28/h1,3-6,15H,2,7-14H2,(H,23,27)(H,24,30). The van der Waals surface area contributed by atoms with Gasteiger partial charge in [-0.2, -0.15) is 4.52 Å². The van der Waals surface area contributed by atoms with Crippen molar-refractivity contribution in [3.63, 3.8) is 0 Å². The summed E-state index contributed by atoms with van der Waals surface area (Å²) in [5.74, 6) is 1.30. The number of nitrogens with zero attached hydrogens (tertiary/aromatic N) is 5. The molecule has 31 heavy (non-hydrogen) atoms. The summed E-state index contributed by atoms with van der Waals surface area (Å²) < 4.78 is 7.10. The first-order chi connectivity index (χ1) is 15.2. The molecule has 9 nitrogen and oxygen atoms in total. The molecule has 0 saturated carbocycles. The number of carbonyl (C=O) groups excluding carboxylic acids is 1. The first-order valence-electron chi connectivity index (χ1n) is 10.5. The molecule has 3 aromatic rings. The third-order valence-corrected chi connectivity index (χ3v) is 5.34. The van der Waals surface area contributed by atoms with Gasteiger partial charge in [-0.05, 0) is 43.3 Å². The second-order valence-electron chi connectivity index (χ2n) is 7.36. The Labute approximate surface area is 185 Å². The van der Waals surface area contributed by atoms with Gasteiger partial charge in [0.05, 0.1) is 13.2 Å². The Morgan fingerprint density at radius 3 is 2.84 bits per heavy atom.